The molecule has 0 radical (unpaired) electrons. The molecule has 0 spiro atoms. The van der Waals surface area contributed by atoms with Crippen LogP contribution in [-0.2, 0) is 0 Å². The van der Waals surface area contributed by atoms with Crippen LogP contribution >= 0.6 is 0 Å². The molecule has 0 aliphatic heterocycles. The predicted molar refractivity (Wildman–Crippen MR) is 97.2 cm³/mol. The second kappa shape index (κ2) is 7.96. The average Bonchev–Trinajstić information content (AvgIpc) is 3.10. The topological polar surface area (TPSA) is 76.1 Å². The van der Waals surface area contributed by atoms with Crippen molar-refractivity contribution in [2.45, 2.75) is 51.7 Å². The predicted octanol–water partition coefficient (Wildman–Crippen LogP) is 3.68. The van der Waals surface area contributed by atoms with E-state index in [0.717, 1.165) is 24.3 Å². The van der Waals surface area contributed by atoms with Crippen LogP contribution in [0.3, 0.4) is 0 Å². The van der Waals surface area contributed by atoms with Crippen molar-refractivity contribution in [2.75, 3.05) is 5.32 Å². The summed E-state index contributed by atoms with van der Waals surface area (Å²) in [5.41, 5.74) is 1.34. The monoisotopic (exact) mass is 340 g/mol. The fourth-order valence-electron chi connectivity index (χ4n) is 2.87. The Balaban J connectivity index is 1.57. The Hall–Kier alpha value is -2.63. The van der Waals surface area contributed by atoms with E-state index in [1.807, 2.05) is 38.1 Å². The summed E-state index contributed by atoms with van der Waals surface area (Å²) in [4.78, 5) is 20.6. The highest BCUT2D eigenvalue weighted by Gasteiger charge is 2.18. The van der Waals surface area contributed by atoms with E-state index in [1.54, 1.807) is 12.4 Å². The van der Waals surface area contributed by atoms with Crippen LogP contribution in [0.5, 0.6) is 5.75 Å². The molecule has 1 fully saturated rings. The summed E-state index contributed by atoms with van der Waals surface area (Å²) < 4.78 is 5.61. The van der Waals surface area contributed by atoms with Gasteiger partial charge in [0.1, 0.15) is 5.75 Å². The van der Waals surface area contributed by atoms with Crippen molar-refractivity contribution in [1.29, 1.82) is 0 Å². The fourth-order valence-corrected chi connectivity index (χ4v) is 2.87. The van der Waals surface area contributed by atoms with E-state index in [2.05, 4.69) is 20.6 Å². The van der Waals surface area contributed by atoms with Gasteiger partial charge in [0.05, 0.1) is 11.7 Å². The van der Waals surface area contributed by atoms with Crippen LogP contribution in [0.4, 0.5) is 11.6 Å². The number of nitrogens with zero attached hydrogens (tertiary/aromatic N) is 2. The molecule has 3 rings (SSSR count). The number of hydrogen-bond acceptors (Lipinski definition) is 5. The van der Waals surface area contributed by atoms with Crippen LogP contribution in [0.15, 0.2) is 36.7 Å². The maximum Gasteiger partial charge on any atom is 0.254 e. The molecule has 1 aliphatic rings. The fraction of sp³-hybridized carbons (Fsp3) is 0.421. The summed E-state index contributed by atoms with van der Waals surface area (Å²) in [5.74, 6) is 1.17. The van der Waals surface area contributed by atoms with Gasteiger partial charge in [-0.15, -0.1) is 0 Å². The van der Waals surface area contributed by atoms with Crippen molar-refractivity contribution < 1.29 is 9.53 Å². The largest absolute Gasteiger partial charge is 0.491 e. The van der Waals surface area contributed by atoms with Gasteiger partial charge in [-0.25, -0.2) is 9.97 Å². The van der Waals surface area contributed by atoms with Gasteiger partial charge in [-0.1, -0.05) is 12.8 Å². The lowest BCUT2D eigenvalue weighted by molar-refractivity contribution is 0.0937. The number of nitrogens with one attached hydrogen (secondary N) is 2. The highest BCUT2D eigenvalue weighted by atomic mass is 16.5. The van der Waals surface area contributed by atoms with Gasteiger partial charge in [-0.2, -0.15) is 0 Å². The minimum atomic E-state index is -0.103. The smallest absolute Gasteiger partial charge is 0.254 e. The first-order valence-electron chi connectivity index (χ1n) is 8.77. The van der Waals surface area contributed by atoms with Gasteiger partial charge in [0, 0.05) is 24.1 Å². The lowest BCUT2D eigenvalue weighted by atomic mass is 10.2. The van der Waals surface area contributed by atoms with E-state index in [4.69, 9.17) is 4.74 Å². The minimum Gasteiger partial charge on any atom is -0.491 e. The molecule has 2 aromatic rings. The van der Waals surface area contributed by atoms with Gasteiger partial charge < -0.3 is 15.4 Å². The first-order chi connectivity index (χ1) is 12.1. The summed E-state index contributed by atoms with van der Waals surface area (Å²) >= 11 is 0. The minimum absolute atomic E-state index is 0.103. The first-order valence-corrected chi connectivity index (χ1v) is 8.77. The number of amides is 1. The van der Waals surface area contributed by atoms with E-state index in [0.29, 0.717) is 11.5 Å². The van der Waals surface area contributed by atoms with Gasteiger partial charge >= 0.3 is 0 Å². The number of anilines is 2. The number of benzene rings is 1. The van der Waals surface area contributed by atoms with Crippen molar-refractivity contribution >= 4 is 17.5 Å². The molecular weight excluding hydrogens is 316 g/mol. The van der Waals surface area contributed by atoms with Crippen LogP contribution in [0, 0.1) is 0 Å². The Labute approximate surface area is 148 Å². The molecule has 6 heteroatoms. The zero-order valence-corrected chi connectivity index (χ0v) is 14.7. The molecular formula is C19H24N4O2. The first kappa shape index (κ1) is 17.2. The van der Waals surface area contributed by atoms with Crippen LogP contribution in [0.25, 0.3) is 0 Å². The van der Waals surface area contributed by atoms with Crippen LogP contribution < -0.4 is 15.4 Å². The Morgan fingerprint density at radius 2 is 1.76 bits per heavy atom. The van der Waals surface area contributed by atoms with Crippen LogP contribution in [0.2, 0.25) is 0 Å². The Morgan fingerprint density at radius 1 is 1.12 bits per heavy atom. The van der Waals surface area contributed by atoms with Crippen molar-refractivity contribution in [1.82, 2.24) is 15.3 Å². The standard InChI is InChI=1S/C19H24N4O2/c1-13(2)25-17-9-7-16(8-10-17)23-19-20-11-14(12-21-19)18(24)22-15-5-3-4-6-15/h7-13,15H,3-6H2,1-2H3,(H,22,24)(H,20,21,23). The Morgan fingerprint density at radius 3 is 2.36 bits per heavy atom. The molecule has 0 unspecified atom stereocenters. The Bertz CT molecular complexity index is 692. The van der Waals surface area contributed by atoms with E-state index < -0.39 is 0 Å². The summed E-state index contributed by atoms with van der Waals surface area (Å²) in [6, 6.07) is 7.89. The van der Waals surface area contributed by atoms with Gasteiger partial charge in [-0.3, -0.25) is 4.79 Å². The number of carbonyl (C=O) groups excluding carboxylic acids is 1. The summed E-state index contributed by atoms with van der Waals surface area (Å²) in [6.07, 6.45) is 7.73. The normalized spacial score (nSPS) is 14.5. The third kappa shape index (κ3) is 4.92. The number of aromatic nitrogens is 2. The Kier molecular flexibility index (Phi) is 5.48. The molecule has 132 valence electrons. The average molecular weight is 340 g/mol. The van der Waals surface area contributed by atoms with Crippen molar-refractivity contribution in [3.8, 4) is 5.75 Å². The molecule has 0 saturated heterocycles. The molecule has 6 nitrogen and oxygen atoms in total. The van der Waals surface area contributed by atoms with E-state index in [-0.39, 0.29) is 18.1 Å². The van der Waals surface area contributed by atoms with Crippen LogP contribution in [0.1, 0.15) is 49.9 Å². The molecule has 0 bridgehead atoms. The van der Waals surface area contributed by atoms with Crippen LogP contribution in [-0.4, -0.2) is 28.0 Å². The lowest BCUT2D eigenvalue weighted by Gasteiger charge is -2.12. The maximum atomic E-state index is 12.2. The number of carbonyl (C=O) groups is 1. The zero-order chi connectivity index (χ0) is 17.6. The molecule has 1 aromatic carbocycles. The van der Waals surface area contributed by atoms with Gasteiger partial charge in [-0.05, 0) is 51.0 Å². The van der Waals surface area contributed by atoms with E-state index in [1.165, 1.54) is 12.8 Å². The SMILES string of the molecule is CC(C)Oc1ccc(Nc2ncc(C(=O)NC3CCCC3)cn2)cc1. The van der Waals surface area contributed by atoms with Crippen molar-refractivity contribution in [3.63, 3.8) is 0 Å². The quantitative estimate of drug-likeness (QED) is 0.839. The summed E-state index contributed by atoms with van der Waals surface area (Å²) in [6.45, 7) is 3.98. The molecule has 1 heterocycles. The number of rotatable bonds is 6. The summed E-state index contributed by atoms with van der Waals surface area (Å²) in [7, 11) is 0. The van der Waals surface area contributed by atoms with Gasteiger partial charge in [0.2, 0.25) is 5.95 Å². The van der Waals surface area contributed by atoms with Gasteiger partial charge in [0.25, 0.3) is 5.91 Å². The zero-order valence-electron chi connectivity index (χ0n) is 14.7. The molecule has 25 heavy (non-hydrogen) atoms. The third-order valence-corrected chi connectivity index (χ3v) is 4.09. The highest BCUT2D eigenvalue weighted by molar-refractivity contribution is 5.93. The summed E-state index contributed by atoms with van der Waals surface area (Å²) in [5, 5.41) is 6.15. The second-order valence-corrected chi connectivity index (χ2v) is 6.57. The third-order valence-electron chi connectivity index (χ3n) is 4.09. The molecule has 1 aliphatic carbocycles. The number of hydrogen-bond donors (Lipinski definition) is 2. The molecule has 0 atom stereocenters. The van der Waals surface area contributed by atoms with Crippen molar-refractivity contribution in [3.05, 3.63) is 42.2 Å². The maximum absolute atomic E-state index is 12.2. The van der Waals surface area contributed by atoms with Crippen molar-refractivity contribution in [2.24, 2.45) is 0 Å². The number of ether oxygens (including phenoxy) is 1. The molecule has 1 aromatic heterocycles. The van der Waals surface area contributed by atoms with E-state index in [9.17, 15) is 4.79 Å². The molecule has 2 N–H and O–H groups in total. The van der Waals surface area contributed by atoms with E-state index >= 15 is 0 Å². The molecule has 1 saturated carbocycles. The second-order valence-electron chi connectivity index (χ2n) is 6.57. The highest BCUT2D eigenvalue weighted by Crippen LogP contribution is 2.20. The van der Waals surface area contributed by atoms with Gasteiger partial charge in [0.15, 0.2) is 0 Å². The molecule has 1 amide bonds. The lowest BCUT2D eigenvalue weighted by Crippen LogP contribution is -2.32.